The molecule has 0 spiro atoms. The van der Waals surface area contributed by atoms with E-state index < -0.39 is 0 Å². The van der Waals surface area contributed by atoms with E-state index in [9.17, 15) is 0 Å². The van der Waals surface area contributed by atoms with E-state index in [0.717, 1.165) is 41.5 Å². The molecule has 0 aromatic carbocycles. The summed E-state index contributed by atoms with van der Waals surface area (Å²) in [5.74, 6) is 1.81. The highest BCUT2D eigenvalue weighted by Gasteiger charge is 2.21. The van der Waals surface area contributed by atoms with Crippen molar-refractivity contribution in [1.82, 2.24) is 19.9 Å². The zero-order chi connectivity index (χ0) is 16.4. The van der Waals surface area contributed by atoms with Crippen LogP contribution in [-0.2, 0) is 6.54 Å². The third kappa shape index (κ3) is 3.39. The summed E-state index contributed by atoms with van der Waals surface area (Å²) in [5, 5.41) is 6.88. The Bertz CT molecular complexity index is 817. The van der Waals surface area contributed by atoms with Gasteiger partial charge in [0.1, 0.15) is 16.5 Å². The minimum atomic E-state index is 0.424. The number of likely N-dealkylation sites (tertiary alicyclic amines) is 1. The monoisotopic (exact) mass is 339 g/mol. The van der Waals surface area contributed by atoms with Crippen LogP contribution in [0.2, 0.25) is 0 Å². The second kappa shape index (κ2) is 6.83. The van der Waals surface area contributed by atoms with Crippen molar-refractivity contribution >= 4 is 27.4 Å². The summed E-state index contributed by atoms with van der Waals surface area (Å²) in [4.78, 5) is 16.9. The van der Waals surface area contributed by atoms with Crippen molar-refractivity contribution < 1.29 is 0 Å². The number of nitrogens with one attached hydrogen (secondary N) is 1. The maximum Gasteiger partial charge on any atom is 0.138 e. The molecule has 1 N–H and O–H groups in total. The highest BCUT2D eigenvalue weighted by atomic mass is 32.1. The number of aryl methyl sites for hydroxylation is 1. The smallest absolute Gasteiger partial charge is 0.138 e. The maximum absolute atomic E-state index is 4.63. The van der Waals surface area contributed by atoms with Crippen LogP contribution in [0.5, 0.6) is 0 Å². The third-order valence-corrected chi connectivity index (χ3v) is 5.22. The Labute approximate surface area is 145 Å². The molecule has 0 aliphatic carbocycles. The number of anilines is 1. The van der Waals surface area contributed by atoms with Gasteiger partial charge >= 0.3 is 0 Å². The van der Waals surface area contributed by atoms with Gasteiger partial charge in [-0.1, -0.05) is 6.07 Å². The SMILES string of the molecule is Cc1nc(NC2CCCN(Cc3cccnc3)C2)c2ccsc2n1. The normalized spacial score (nSPS) is 18.8. The highest BCUT2D eigenvalue weighted by molar-refractivity contribution is 7.16. The number of rotatable bonds is 4. The van der Waals surface area contributed by atoms with Crippen LogP contribution in [-0.4, -0.2) is 39.0 Å². The van der Waals surface area contributed by atoms with E-state index in [0.29, 0.717) is 6.04 Å². The number of nitrogens with zero attached hydrogens (tertiary/aromatic N) is 4. The Morgan fingerprint density at radius 2 is 2.29 bits per heavy atom. The molecule has 0 amide bonds. The van der Waals surface area contributed by atoms with Crippen LogP contribution >= 0.6 is 11.3 Å². The summed E-state index contributed by atoms with van der Waals surface area (Å²) >= 11 is 1.67. The van der Waals surface area contributed by atoms with Gasteiger partial charge < -0.3 is 5.32 Å². The van der Waals surface area contributed by atoms with Crippen LogP contribution in [0.1, 0.15) is 24.2 Å². The number of hydrogen-bond acceptors (Lipinski definition) is 6. The lowest BCUT2D eigenvalue weighted by atomic mass is 10.0. The molecule has 24 heavy (non-hydrogen) atoms. The van der Waals surface area contributed by atoms with E-state index in [1.165, 1.54) is 18.4 Å². The van der Waals surface area contributed by atoms with Gasteiger partial charge in [0, 0.05) is 31.5 Å². The Balaban J connectivity index is 1.47. The summed E-state index contributed by atoms with van der Waals surface area (Å²) in [6.07, 6.45) is 6.17. The average molecular weight is 339 g/mol. The molecule has 1 atom stereocenters. The van der Waals surface area contributed by atoms with E-state index in [1.807, 2.05) is 25.4 Å². The predicted octanol–water partition coefficient (Wildman–Crippen LogP) is 3.47. The Morgan fingerprint density at radius 1 is 1.33 bits per heavy atom. The van der Waals surface area contributed by atoms with E-state index in [-0.39, 0.29) is 0 Å². The first-order valence-corrected chi connectivity index (χ1v) is 9.25. The average Bonchev–Trinajstić information content (AvgIpc) is 3.04. The van der Waals surface area contributed by atoms with Crippen molar-refractivity contribution in [2.24, 2.45) is 0 Å². The van der Waals surface area contributed by atoms with Crippen molar-refractivity contribution in [3.8, 4) is 0 Å². The minimum Gasteiger partial charge on any atom is -0.365 e. The molecule has 1 aliphatic rings. The highest BCUT2D eigenvalue weighted by Crippen LogP contribution is 2.26. The van der Waals surface area contributed by atoms with Crippen molar-refractivity contribution in [3.05, 3.63) is 47.4 Å². The number of piperidine rings is 1. The van der Waals surface area contributed by atoms with Gasteiger partial charge in [0.15, 0.2) is 0 Å². The molecule has 1 fully saturated rings. The first-order valence-electron chi connectivity index (χ1n) is 8.37. The maximum atomic E-state index is 4.63. The third-order valence-electron chi connectivity index (χ3n) is 4.41. The number of pyridine rings is 1. The van der Waals surface area contributed by atoms with Gasteiger partial charge in [-0.25, -0.2) is 9.97 Å². The van der Waals surface area contributed by atoms with Crippen molar-refractivity contribution in [3.63, 3.8) is 0 Å². The summed E-state index contributed by atoms with van der Waals surface area (Å²) in [5.41, 5.74) is 1.27. The molecule has 1 saturated heterocycles. The van der Waals surface area contributed by atoms with Crippen molar-refractivity contribution in [2.75, 3.05) is 18.4 Å². The fraction of sp³-hybridized carbons (Fsp3) is 0.389. The van der Waals surface area contributed by atoms with E-state index >= 15 is 0 Å². The van der Waals surface area contributed by atoms with Crippen LogP contribution < -0.4 is 5.32 Å². The summed E-state index contributed by atoms with van der Waals surface area (Å²) in [7, 11) is 0. The lowest BCUT2D eigenvalue weighted by Gasteiger charge is -2.33. The van der Waals surface area contributed by atoms with Crippen LogP contribution in [0.25, 0.3) is 10.2 Å². The molecule has 4 rings (SSSR count). The number of fused-ring (bicyclic) bond motifs is 1. The van der Waals surface area contributed by atoms with Crippen molar-refractivity contribution in [2.45, 2.75) is 32.4 Å². The van der Waals surface area contributed by atoms with Gasteiger partial charge in [-0.2, -0.15) is 0 Å². The quantitative estimate of drug-likeness (QED) is 0.789. The molecule has 124 valence electrons. The summed E-state index contributed by atoms with van der Waals surface area (Å²) < 4.78 is 0. The standard InChI is InChI=1S/C18H21N5S/c1-13-20-17(16-6-9-24-18(16)21-13)22-15-5-3-8-23(12-15)11-14-4-2-7-19-10-14/h2,4,6-7,9-10,15H,3,5,8,11-12H2,1H3,(H,20,21,22). The molecule has 0 bridgehead atoms. The van der Waals surface area contributed by atoms with Crippen LogP contribution in [0.15, 0.2) is 36.0 Å². The van der Waals surface area contributed by atoms with Crippen LogP contribution in [0.3, 0.4) is 0 Å². The molecule has 3 aromatic heterocycles. The number of thiophene rings is 1. The predicted molar refractivity (Wildman–Crippen MR) is 98.3 cm³/mol. The second-order valence-corrected chi connectivity index (χ2v) is 7.23. The van der Waals surface area contributed by atoms with Gasteiger partial charge in [-0.15, -0.1) is 11.3 Å². The molecule has 1 unspecified atom stereocenters. The molecule has 4 heterocycles. The van der Waals surface area contributed by atoms with Gasteiger partial charge in [0.25, 0.3) is 0 Å². The van der Waals surface area contributed by atoms with Gasteiger partial charge in [0.05, 0.1) is 5.39 Å². The molecule has 3 aromatic rings. The topological polar surface area (TPSA) is 53.9 Å². The Kier molecular flexibility index (Phi) is 4.40. The van der Waals surface area contributed by atoms with Crippen LogP contribution in [0.4, 0.5) is 5.82 Å². The van der Waals surface area contributed by atoms with Crippen LogP contribution in [0, 0.1) is 6.92 Å². The number of hydrogen-bond donors (Lipinski definition) is 1. The van der Waals surface area contributed by atoms with Crippen molar-refractivity contribution in [1.29, 1.82) is 0 Å². The molecule has 6 heteroatoms. The summed E-state index contributed by atoms with van der Waals surface area (Å²) in [6.45, 7) is 5.09. The Hall–Kier alpha value is -2.05. The zero-order valence-electron chi connectivity index (χ0n) is 13.8. The van der Waals surface area contributed by atoms with Gasteiger partial charge in [-0.05, 0) is 49.4 Å². The van der Waals surface area contributed by atoms with Gasteiger partial charge in [-0.3, -0.25) is 9.88 Å². The second-order valence-electron chi connectivity index (χ2n) is 6.34. The molecule has 1 aliphatic heterocycles. The molecule has 0 saturated carbocycles. The number of aromatic nitrogens is 3. The fourth-order valence-corrected chi connectivity index (χ4v) is 4.14. The molecule has 5 nitrogen and oxygen atoms in total. The first kappa shape index (κ1) is 15.5. The van der Waals surface area contributed by atoms with Gasteiger partial charge in [0.2, 0.25) is 0 Å². The van der Waals surface area contributed by atoms with E-state index in [4.69, 9.17) is 0 Å². The minimum absolute atomic E-state index is 0.424. The fourth-order valence-electron chi connectivity index (χ4n) is 3.33. The zero-order valence-corrected chi connectivity index (χ0v) is 14.6. The Morgan fingerprint density at radius 3 is 3.17 bits per heavy atom. The lowest BCUT2D eigenvalue weighted by Crippen LogP contribution is -2.41. The largest absolute Gasteiger partial charge is 0.365 e. The summed E-state index contributed by atoms with van der Waals surface area (Å²) in [6, 6.07) is 6.68. The molecule has 0 radical (unpaired) electrons. The lowest BCUT2D eigenvalue weighted by molar-refractivity contribution is 0.208. The van der Waals surface area contributed by atoms with E-state index in [1.54, 1.807) is 11.3 Å². The molecular formula is C18H21N5S. The first-order chi connectivity index (χ1) is 11.8. The molecular weight excluding hydrogens is 318 g/mol. The van der Waals surface area contributed by atoms with E-state index in [2.05, 4.69) is 42.7 Å².